The molecule has 1 aromatic carbocycles. The fourth-order valence-electron chi connectivity index (χ4n) is 2.30. The Morgan fingerprint density at radius 2 is 2.11 bits per heavy atom. The van der Waals surface area contributed by atoms with Crippen LogP contribution >= 0.6 is 11.3 Å². The van der Waals surface area contributed by atoms with Crippen molar-refractivity contribution in [1.29, 1.82) is 0 Å². The second-order valence-electron chi connectivity index (χ2n) is 5.37. The predicted octanol–water partition coefficient (Wildman–Crippen LogP) is 3.49. The highest BCUT2D eigenvalue weighted by Gasteiger charge is 2.31. The van der Waals surface area contributed by atoms with E-state index in [9.17, 15) is 4.79 Å². The van der Waals surface area contributed by atoms with Crippen LogP contribution in [0, 0.1) is 5.41 Å². The molecule has 2 rings (SSSR count). The minimum atomic E-state index is -0.572. The van der Waals surface area contributed by atoms with E-state index in [1.807, 2.05) is 26.0 Å². The molecule has 1 aromatic heterocycles. The van der Waals surface area contributed by atoms with E-state index in [0.29, 0.717) is 6.42 Å². The summed E-state index contributed by atoms with van der Waals surface area (Å²) in [4.78, 5) is 11.7. The fraction of sp³-hybridized carbons (Fsp3) is 0.400. The number of benzene rings is 1. The summed E-state index contributed by atoms with van der Waals surface area (Å²) in [6.45, 7) is 3.74. The number of fused-ring (bicyclic) bond motifs is 1. The normalized spacial score (nSPS) is 13.5. The number of hydrogen-bond donors (Lipinski definition) is 1. The van der Waals surface area contributed by atoms with E-state index in [-0.39, 0.29) is 12.0 Å². The lowest BCUT2D eigenvalue weighted by Gasteiger charge is -2.25. The molecule has 0 aliphatic rings. The van der Waals surface area contributed by atoms with E-state index >= 15 is 0 Å². The highest BCUT2D eigenvalue weighted by atomic mass is 32.1. The molecular weight excluding hydrogens is 258 g/mol. The number of nitrogens with two attached hydrogens (primary N) is 1. The molecule has 0 radical (unpaired) electrons. The van der Waals surface area contributed by atoms with Gasteiger partial charge in [0.15, 0.2) is 0 Å². The predicted molar refractivity (Wildman–Crippen MR) is 79.2 cm³/mol. The van der Waals surface area contributed by atoms with Crippen molar-refractivity contribution < 1.29 is 9.53 Å². The molecule has 2 aromatic rings. The van der Waals surface area contributed by atoms with Gasteiger partial charge in [0, 0.05) is 10.7 Å². The van der Waals surface area contributed by atoms with E-state index in [1.165, 1.54) is 17.2 Å². The second kappa shape index (κ2) is 5.31. The topological polar surface area (TPSA) is 52.3 Å². The van der Waals surface area contributed by atoms with Crippen LogP contribution in [0.25, 0.3) is 10.1 Å². The summed E-state index contributed by atoms with van der Waals surface area (Å²) in [5.41, 5.74) is 6.82. The quantitative estimate of drug-likeness (QED) is 0.870. The second-order valence-corrected chi connectivity index (χ2v) is 6.28. The molecular formula is C15H19NO2S. The van der Waals surface area contributed by atoms with Crippen LogP contribution in [0.1, 0.15) is 31.9 Å². The van der Waals surface area contributed by atoms with Gasteiger partial charge in [-0.25, -0.2) is 0 Å². The first-order valence-corrected chi connectivity index (χ1v) is 7.14. The van der Waals surface area contributed by atoms with E-state index in [1.54, 1.807) is 11.3 Å². The summed E-state index contributed by atoms with van der Waals surface area (Å²) >= 11 is 1.69. The third-order valence-electron chi connectivity index (χ3n) is 3.38. The van der Waals surface area contributed by atoms with Gasteiger partial charge in [-0.1, -0.05) is 18.2 Å². The monoisotopic (exact) mass is 277 g/mol. The Labute approximate surface area is 117 Å². The van der Waals surface area contributed by atoms with Crippen molar-refractivity contribution in [1.82, 2.24) is 0 Å². The van der Waals surface area contributed by atoms with Gasteiger partial charge in [-0.05, 0) is 42.7 Å². The van der Waals surface area contributed by atoms with Gasteiger partial charge in [-0.3, -0.25) is 4.79 Å². The van der Waals surface area contributed by atoms with E-state index < -0.39 is 5.41 Å². The van der Waals surface area contributed by atoms with Gasteiger partial charge in [-0.15, -0.1) is 11.3 Å². The summed E-state index contributed by atoms with van der Waals surface area (Å²) < 4.78 is 6.05. The van der Waals surface area contributed by atoms with Crippen LogP contribution in [0.3, 0.4) is 0 Å². The van der Waals surface area contributed by atoms with Crippen LogP contribution in [-0.4, -0.2) is 13.1 Å². The third kappa shape index (κ3) is 2.80. The van der Waals surface area contributed by atoms with Gasteiger partial charge in [-0.2, -0.15) is 0 Å². The van der Waals surface area contributed by atoms with Gasteiger partial charge < -0.3 is 10.5 Å². The lowest BCUT2D eigenvalue weighted by atomic mass is 9.84. The molecule has 4 heteroatoms. The minimum absolute atomic E-state index is 0.162. The Hall–Kier alpha value is -1.39. The highest BCUT2D eigenvalue weighted by molar-refractivity contribution is 7.17. The van der Waals surface area contributed by atoms with Crippen molar-refractivity contribution in [2.75, 3.05) is 7.11 Å². The zero-order valence-electron chi connectivity index (χ0n) is 11.5. The Bertz CT molecular complexity index is 589. The van der Waals surface area contributed by atoms with Crippen LogP contribution in [0.2, 0.25) is 0 Å². The average Bonchev–Trinajstić information content (AvgIpc) is 2.81. The summed E-state index contributed by atoms with van der Waals surface area (Å²) in [7, 11) is 1.41. The maximum Gasteiger partial charge on any atom is 0.311 e. The Balaban J connectivity index is 2.25. The number of esters is 1. The average molecular weight is 277 g/mol. The molecule has 0 fully saturated rings. The van der Waals surface area contributed by atoms with E-state index in [0.717, 1.165) is 5.56 Å². The molecule has 0 bridgehead atoms. The van der Waals surface area contributed by atoms with Crippen LogP contribution in [0.4, 0.5) is 0 Å². The first-order valence-electron chi connectivity index (χ1n) is 6.26. The SMILES string of the molecule is COC(=O)C(C)(C)CC(N)c1csc2ccccc12. The van der Waals surface area contributed by atoms with Crippen LogP contribution in [-0.2, 0) is 9.53 Å². The molecule has 0 aliphatic heterocycles. The summed E-state index contributed by atoms with van der Waals surface area (Å²) in [6.07, 6.45) is 0.570. The van der Waals surface area contributed by atoms with Crippen LogP contribution < -0.4 is 5.73 Å². The zero-order valence-corrected chi connectivity index (χ0v) is 12.3. The highest BCUT2D eigenvalue weighted by Crippen LogP contribution is 2.35. The Morgan fingerprint density at radius 3 is 2.79 bits per heavy atom. The van der Waals surface area contributed by atoms with Crippen LogP contribution in [0.15, 0.2) is 29.6 Å². The molecule has 19 heavy (non-hydrogen) atoms. The fourth-order valence-corrected chi connectivity index (χ4v) is 3.33. The number of methoxy groups -OCH3 is 1. The number of rotatable bonds is 4. The minimum Gasteiger partial charge on any atom is -0.469 e. The Kier molecular flexibility index (Phi) is 3.92. The molecule has 1 atom stereocenters. The van der Waals surface area contributed by atoms with Crippen molar-refractivity contribution in [3.63, 3.8) is 0 Å². The first kappa shape index (κ1) is 14.0. The van der Waals surface area contributed by atoms with Crippen molar-refractivity contribution in [3.05, 3.63) is 35.2 Å². The van der Waals surface area contributed by atoms with E-state index in [4.69, 9.17) is 10.5 Å². The van der Waals surface area contributed by atoms with Gasteiger partial charge in [0.1, 0.15) is 0 Å². The largest absolute Gasteiger partial charge is 0.469 e. The lowest BCUT2D eigenvalue weighted by Crippen LogP contribution is -2.30. The van der Waals surface area contributed by atoms with Crippen LogP contribution in [0.5, 0.6) is 0 Å². The maximum atomic E-state index is 11.7. The third-order valence-corrected chi connectivity index (χ3v) is 4.36. The smallest absolute Gasteiger partial charge is 0.311 e. The number of hydrogen-bond acceptors (Lipinski definition) is 4. The summed E-state index contributed by atoms with van der Waals surface area (Å²) in [5.74, 6) is -0.220. The van der Waals surface area contributed by atoms with Crippen molar-refractivity contribution >= 4 is 27.4 Å². The lowest BCUT2D eigenvalue weighted by molar-refractivity contribution is -0.151. The number of thiophene rings is 1. The van der Waals surface area contributed by atoms with Gasteiger partial charge >= 0.3 is 5.97 Å². The molecule has 102 valence electrons. The Morgan fingerprint density at radius 1 is 1.42 bits per heavy atom. The molecule has 0 aliphatic carbocycles. The molecule has 0 amide bonds. The zero-order chi connectivity index (χ0) is 14.0. The van der Waals surface area contributed by atoms with E-state index in [2.05, 4.69) is 17.5 Å². The number of carbonyl (C=O) groups excluding carboxylic acids is 1. The standard InChI is InChI=1S/C15H19NO2S/c1-15(2,14(17)18-3)8-12(16)11-9-19-13-7-5-4-6-10(11)13/h4-7,9,12H,8,16H2,1-3H3. The van der Waals surface area contributed by atoms with Gasteiger partial charge in [0.25, 0.3) is 0 Å². The molecule has 1 unspecified atom stereocenters. The van der Waals surface area contributed by atoms with Gasteiger partial charge in [0.05, 0.1) is 12.5 Å². The van der Waals surface area contributed by atoms with Crippen molar-refractivity contribution in [3.8, 4) is 0 Å². The molecule has 0 saturated heterocycles. The van der Waals surface area contributed by atoms with Gasteiger partial charge in [0.2, 0.25) is 0 Å². The molecule has 3 nitrogen and oxygen atoms in total. The maximum absolute atomic E-state index is 11.7. The number of ether oxygens (including phenoxy) is 1. The number of carbonyl (C=O) groups is 1. The molecule has 1 heterocycles. The van der Waals surface area contributed by atoms with Crippen molar-refractivity contribution in [2.24, 2.45) is 11.1 Å². The molecule has 0 saturated carbocycles. The molecule has 0 spiro atoms. The summed E-state index contributed by atoms with van der Waals surface area (Å²) in [5, 5.41) is 3.27. The first-order chi connectivity index (χ1) is 8.95. The summed E-state index contributed by atoms with van der Waals surface area (Å²) in [6, 6.07) is 8.03. The van der Waals surface area contributed by atoms with Crippen molar-refractivity contribution in [2.45, 2.75) is 26.3 Å². The molecule has 2 N–H and O–H groups in total.